The second-order valence-corrected chi connectivity index (χ2v) is 1.88. The Kier molecular flexibility index (Phi) is 2.37. The van der Waals surface area contributed by atoms with Crippen LogP contribution in [0, 0.1) is 12.2 Å². The molecule has 1 aromatic carbocycles. The first-order valence-corrected chi connectivity index (χ1v) is 2.98. The maximum absolute atomic E-state index is 12.6. The molecule has 2 heteroatoms. The SMILES string of the molecule is FC[CH]c1ccccc1F. The third-order valence-electron chi connectivity index (χ3n) is 1.20. The van der Waals surface area contributed by atoms with Gasteiger partial charge in [-0.25, -0.2) is 4.39 Å². The predicted octanol–water partition coefficient (Wildman–Crippen LogP) is 2.35. The molecule has 0 saturated carbocycles. The van der Waals surface area contributed by atoms with E-state index < -0.39 is 6.67 Å². The molecule has 0 N–H and O–H groups in total. The number of halogens is 2. The van der Waals surface area contributed by atoms with E-state index in [4.69, 9.17) is 0 Å². The number of alkyl halides is 1. The normalized spacial score (nSPS) is 9.80. The van der Waals surface area contributed by atoms with E-state index in [-0.39, 0.29) is 5.82 Å². The summed E-state index contributed by atoms with van der Waals surface area (Å²) in [5, 5.41) is 0. The zero-order valence-electron chi connectivity index (χ0n) is 5.35. The lowest BCUT2D eigenvalue weighted by molar-refractivity contribution is 0.536. The van der Waals surface area contributed by atoms with Gasteiger partial charge in [0.05, 0.1) is 6.67 Å². The van der Waals surface area contributed by atoms with Gasteiger partial charge in [0, 0.05) is 6.42 Å². The van der Waals surface area contributed by atoms with Crippen molar-refractivity contribution in [2.45, 2.75) is 0 Å². The van der Waals surface area contributed by atoms with Crippen LogP contribution < -0.4 is 0 Å². The van der Waals surface area contributed by atoms with Gasteiger partial charge in [-0.3, -0.25) is 4.39 Å². The molecule has 0 spiro atoms. The molecule has 53 valence electrons. The van der Waals surface area contributed by atoms with E-state index in [1.54, 1.807) is 12.1 Å². The summed E-state index contributed by atoms with van der Waals surface area (Å²) in [5.74, 6) is -0.375. The van der Waals surface area contributed by atoms with Gasteiger partial charge in [0.15, 0.2) is 0 Å². The van der Waals surface area contributed by atoms with E-state index in [1.807, 2.05) is 0 Å². The van der Waals surface area contributed by atoms with Gasteiger partial charge in [-0.1, -0.05) is 18.2 Å². The van der Waals surface area contributed by atoms with Crippen molar-refractivity contribution in [2.75, 3.05) is 6.67 Å². The van der Waals surface area contributed by atoms with Gasteiger partial charge in [-0.2, -0.15) is 0 Å². The second kappa shape index (κ2) is 3.30. The average Bonchev–Trinajstić information content (AvgIpc) is 1.94. The molecule has 0 atom stereocenters. The molecule has 0 fully saturated rings. The van der Waals surface area contributed by atoms with Crippen molar-refractivity contribution < 1.29 is 8.78 Å². The molecule has 0 amide bonds. The molecule has 0 unspecified atom stereocenters. The van der Waals surface area contributed by atoms with Gasteiger partial charge < -0.3 is 0 Å². The van der Waals surface area contributed by atoms with E-state index >= 15 is 0 Å². The molecule has 0 saturated heterocycles. The van der Waals surface area contributed by atoms with Gasteiger partial charge in [-0.05, 0) is 11.6 Å². The monoisotopic (exact) mass is 141 g/mol. The van der Waals surface area contributed by atoms with Crippen molar-refractivity contribution in [3.05, 3.63) is 42.1 Å². The smallest absolute Gasteiger partial charge is 0.126 e. The highest BCUT2D eigenvalue weighted by atomic mass is 19.1. The molecule has 1 rings (SSSR count). The molecule has 0 aliphatic heterocycles. The fraction of sp³-hybridized carbons (Fsp3) is 0.125. The van der Waals surface area contributed by atoms with Gasteiger partial charge in [0.25, 0.3) is 0 Å². The molecule has 0 nitrogen and oxygen atoms in total. The highest BCUT2D eigenvalue weighted by Gasteiger charge is 1.98. The van der Waals surface area contributed by atoms with Crippen LogP contribution in [0.15, 0.2) is 24.3 Å². The highest BCUT2D eigenvalue weighted by molar-refractivity contribution is 5.24. The minimum Gasteiger partial charge on any atom is -0.250 e. The molecule has 0 aromatic heterocycles. The van der Waals surface area contributed by atoms with Crippen LogP contribution in [0.5, 0.6) is 0 Å². The van der Waals surface area contributed by atoms with Gasteiger partial charge in [0.1, 0.15) is 5.82 Å². The van der Waals surface area contributed by atoms with Crippen LogP contribution in [0.25, 0.3) is 0 Å². The third-order valence-corrected chi connectivity index (χ3v) is 1.20. The van der Waals surface area contributed by atoms with Crippen LogP contribution >= 0.6 is 0 Å². The molecular formula is C8H7F2. The van der Waals surface area contributed by atoms with Crippen molar-refractivity contribution in [2.24, 2.45) is 0 Å². The Labute approximate surface area is 58.5 Å². The molecule has 0 heterocycles. The first-order valence-electron chi connectivity index (χ1n) is 2.98. The van der Waals surface area contributed by atoms with Gasteiger partial charge in [0.2, 0.25) is 0 Å². The van der Waals surface area contributed by atoms with E-state index in [0.717, 1.165) is 0 Å². The second-order valence-electron chi connectivity index (χ2n) is 1.88. The Morgan fingerprint density at radius 1 is 1.30 bits per heavy atom. The molecule has 0 bridgehead atoms. The van der Waals surface area contributed by atoms with Crippen molar-refractivity contribution in [1.29, 1.82) is 0 Å². The summed E-state index contributed by atoms with van der Waals surface area (Å²) in [4.78, 5) is 0. The van der Waals surface area contributed by atoms with Gasteiger partial charge in [-0.15, -0.1) is 0 Å². The number of hydrogen-bond donors (Lipinski definition) is 0. The topological polar surface area (TPSA) is 0 Å². The molecule has 0 aliphatic rings. The standard InChI is InChI=1S/C8H7F2/c9-6-5-7-3-1-2-4-8(7)10/h1-5H,6H2. The maximum Gasteiger partial charge on any atom is 0.126 e. The Hall–Kier alpha value is -0.920. The van der Waals surface area contributed by atoms with Crippen LogP contribution in [0.4, 0.5) is 8.78 Å². The van der Waals surface area contributed by atoms with Crippen molar-refractivity contribution in [3.8, 4) is 0 Å². The van der Waals surface area contributed by atoms with E-state index in [9.17, 15) is 8.78 Å². The lowest BCUT2D eigenvalue weighted by Gasteiger charge is -1.96. The van der Waals surface area contributed by atoms with Crippen LogP contribution in [-0.4, -0.2) is 6.67 Å². The number of rotatable bonds is 2. The predicted molar refractivity (Wildman–Crippen MR) is 35.8 cm³/mol. The molecule has 0 aliphatic carbocycles. The first-order chi connectivity index (χ1) is 4.84. The van der Waals surface area contributed by atoms with E-state index in [2.05, 4.69) is 0 Å². The Morgan fingerprint density at radius 3 is 2.60 bits per heavy atom. The summed E-state index contributed by atoms with van der Waals surface area (Å²) in [7, 11) is 0. The third kappa shape index (κ3) is 1.53. The largest absolute Gasteiger partial charge is 0.250 e. The summed E-state index contributed by atoms with van der Waals surface area (Å²) in [6.45, 7) is -0.624. The lowest BCUT2D eigenvalue weighted by atomic mass is 10.1. The van der Waals surface area contributed by atoms with Crippen LogP contribution in [-0.2, 0) is 0 Å². The minimum absolute atomic E-state index is 0.324. The van der Waals surface area contributed by atoms with Crippen molar-refractivity contribution in [3.63, 3.8) is 0 Å². The molecular weight excluding hydrogens is 134 g/mol. The lowest BCUT2D eigenvalue weighted by Crippen LogP contribution is -1.87. The fourth-order valence-electron chi connectivity index (χ4n) is 0.724. The van der Waals surface area contributed by atoms with E-state index in [1.165, 1.54) is 18.6 Å². The number of benzene rings is 1. The summed E-state index contributed by atoms with van der Waals surface area (Å²) < 4.78 is 24.2. The minimum atomic E-state index is -0.624. The van der Waals surface area contributed by atoms with Crippen molar-refractivity contribution >= 4 is 0 Å². The fourth-order valence-corrected chi connectivity index (χ4v) is 0.724. The summed E-state index contributed by atoms with van der Waals surface area (Å²) in [6.07, 6.45) is 1.20. The zero-order valence-corrected chi connectivity index (χ0v) is 5.35. The zero-order chi connectivity index (χ0) is 7.40. The van der Waals surface area contributed by atoms with Crippen LogP contribution in [0.2, 0.25) is 0 Å². The van der Waals surface area contributed by atoms with Crippen LogP contribution in [0.1, 0.15) is 5.56 Å². The van der Waals surface area contributed by atoms with Crippen molar-refractivity contribution in [1.82, 2.24) is 0 Å². The average molecular weight is 141 g/mol. The number of hydrogen-bond acceptors (Lipinski definition) is 0. The molecule has 1 radical (unpaired) electrons. The summed E-state index contributed by atoms with van der Waals surface area (Å²) in [6, 6.07) is 6.09. The van der Waals surface area contributed by atoms with Crippen LogP contribution in [0.3, 0.4) is 0 Å². The highest BCUT2D eigenvalue weighted by Crippen LogP contribution is 2.07. The van der Waals surface area contributed by atoms with Gasteiger partial charge >= 0.3 is 0 Å². The Bertz CT molecular complexity index is 208. The summed E-state index contributed by atoms with van der Waals surface area (Å²) >= 11 is 0. The first kappa shape index (κ1) is 7.19. The van der Waals surface area contributed by atoms with E-state index in [0.29, 0.717) is 5.56 Å². The molecule has 10 heavy (non-hydrogen) atoms. The Morgan fingerprint density at radius 2 is 2.00 bits per heavy atom. The molecule has 1 aromatic rings. The summed E-state index contributed by atoms with van der Waals surface area (Å²) in [5.41, 5.74) is 0.324. The maximum atomic E-state index is 12.6. The Balaban J connectivity index is 2.81. The quantitative estimate of drug-likeness (QED) is 0.593.